The number of benzene rings is 2. The molecule has 0 spiro atoms. The number of rotatable bonds is 2. The number of para-hydroxylation sites is 2. The molecule has 2 amide bonds. The van der Waals surface area contributed by atoms with E-state index in [1.165, 1.54) is 0 Å². The van der Waals surface area contributed by atoms with Crippen molar-refractivity contribution in [3.05, 3.63) is 59.3 Å². The lowest BCUT2D eigenvalue weighted by molar-refractivity contribution is -0.142. The Labute approximate surface area is 177 Å². The molecule has 2 aliphatic rings. The molecule has 5 rings (SSSR count). The van der Waals surface area contributed by atoms with Gasteiger partial charge in [0.1, 0.15) is 11.3 Å². The number of morpholine rings is 1. The molecule has 1 fully saturated rings. The Hall–Kier alpha value is -3.03. The van der Waals surface area contributed by atoms with Gasteiger partial charge < -0.3 is 18.8 Å². The molecular weight excluding hydrogens is 408 g/mol. The molecule has 2 aromatic carbocycles. The zero-order chi connectivity index (χ0) is 20.7. The van der Waals surface area contributed by atoms with Gasteiger partial charge in [-0.1, -0.05) is 23.7 Å². The van der Waals surface area contributed by atoms with Gasteiger partial charge in [0.15, 0.2) is 11.9 Å². The second-order valence-corrected chi connectivity index (χ2v) is 7.66. The van der Waals surface area contributed by atoms with Gasteiger partial charge in [-0.2, -0.15) is 0 Å². The predicted molar refractivity (Wildman–Crippen MR) is 111 cm³/mol. The van der Waals surface area contributed by atoms with Crippen molar-refractivity contribution >= 4 is 40.1 Å². The summed E-state index contributed by atoms with van der Waals surface area (Å²) in [4.78, 5) is 29.6. The zero-order valence-corrected chi connectivity index (χ0v) is 16.8. The standard InChI is InChI=1S/C22H19ClN2O5/c23-15-5-6-17-14(11-15)12-19(29-17)22(27)25-13-20(21(26)24-7-9-28-10-8-24)30-18-4-2-1-3-16(18)25/h1-6,11-12,20H,7-10,13H2. The molecule has 154 valence electrons. The van der Waals surface area contributed by atoms with Crippen molar-refractivity contribution in [2.75, 3.05) is 37.7 Å². The average Bonchev–Trinajstić information content (AvgIpc) is 3.21. The maximum absolute atomic E-state index is 13.4. The molecule has 1 aromatic heterocycles. The quantitative estimate of drug-likeness (QED) is 0.628. The fourth-order valence-corrected chi connectivity index (χ4v) is 3.98. The molecule has 0 saturated carbocycles. The number of carbonyl (C=O) groups excluding carboxylic acids is 2. The van der Waals surface area contributed by atoms with Crippen LogP contribution >= 0.6 is 11.6 Å². The van der Waals surface area contributed by atoms with Crippen LogP contribution in [-0.2, 0) is 9.53 Å². The van der Waals surface area contributed by atoms with E-state index >= 15 is 0 Å². The van der Waals surface area contributed by atoms with E-state index in [9.17, 15) is 9.59 Å². The normalized spacial score (nSPS) is 18.8. The Morgan fingerprint density at radius 2 is 1.83 bits per heavy atom. The van der Waals surface area contributed by atoms with E-state index in [0.717, 1.165) is 5.39 Å². The third-order valence-electron chi connectivity index (χ3n) is 5.31. The number of furan rings is 1. The molecule has 0 N–H and O–H groups in total. The fraction of sp³-hybridized carbons (Fsp3) is 0.273. The molecule has 30 heavy (non-hydrogen) atoms. The predicted octanol–water partition coefficient (Wildman–Crippen LogP) is 3.35. The van der Waals surface area contributed by atoms with Gasteiger partial charge in [-0.25, -0.2) is 0 Å². The van der Waals surface area contributed by atoms with E-state index in [0.29, 0.717) is 48.3 Å². The van der Waals surface area contributed by atoms with Crippen LogP contribution in [0.3, 0.4) is 0 Å². The first kappa shape index (κ1) is 19.0. The van der Waals surface area contributed by atoms with Crippen LogP contribution in [0.5, 0.6) is 5.75 Å². The van der Waals surface area contributed by atoms with Crippen molar-refractivity contribution in [2.45, 2.75) is 6.10 Å². The highest BCUT2D eigenvalue weighted by Crippen LogP contribution is 2.35. The van der Waals surface area contributed by atoms with Crippen LogP contribution in [0.4, 0.5) is 5.69 Å². The topological polar surface area (TPSA) is 72.2 Å². The number of amides is 2. The van der Waals surface area contributed by atoms with E-state index < -0.39 is 6.10 Å². The van der Waals surface area contributed by atoms with Gasteiger partial charge in [0.2, 0.25) is 0 Å². The minimum Gasteiger partial charge on any atom is -0.476 e. The first-order valence-corrected chi connectivity index (χ1v) is 10.1. The average molecular weight is 427 g/mol. The number of carbonyl (C=O) groups is 2. The molecule has 8 heteroatoms. The van der Waals surface area contributed by atoms with E-state index in [-0.39, 0.29) is 24.1 Å². The van der Waals surface area contributed by atoms with Crippen LogP contribution in [0, 0.1) is 0 Å². The van der Waals surface area contributed by atoms with E-state index in [1.807, 2.05) is 12.1 Å². The summed E-state index contributed by atoms with van der Waals surface area (Å²) >= 11 is 6.05. The maximum atomic E-state index is 13.4. The van der Waals surface area contributed by atoms with Gasteiger partial charge in [0.05, 0.1) is 25.4 Å². The van der Waals surface area contributed by atoms with E-state index in [1.54, 1.807) is 46.2 Å². The molecule has 3 aromatic rings. The second-order valence-electron chi connectivity index (χ2n) is 7.22. The van der Waals surface area contributed by atoms with E-state index in [2.05, 4.69) is 0 Å². The molecule has 1 saturated heterocycles. The Balaban J connectivity index is 1.47. The number of hydrogen-bond acceptors (Lipinski definition) is 5. The Morgan fingerprint density at radius 3 is 2.67 bits per heavy atom. The SMILES string of the molecule is O=C(C1CN(C(=O)c2cc3cc(Cl)ccc3o2)c2ccccc2O1)N1CCOCC1. The molecule has 0 bridgehead atoms. The van der Waals surface area contributed by atoms with Crippen LogP contribution in [0.25, 0.3) is 11.0 Å². The molecule has 3 heterocycles. The fourth-order valence-electron chi connectivity index (χ4n) is 3.80. The highest BCUT2D eigenvalue weighted by atomic mass is 35.5. The summed E-state index contributed by atoms with van der Waals surface area (Å²) in [6.45, 7) is 2.12. The molecule has 1 unspecified atom stereocenters. The van der Waals surface area contributed by atoms with Crippen molar-refractivity contribution in [3.63, 3.8) is 0 Å². The molecule has 0 radical (unpaired) electrons. The molecular formula is C22H19ClN2O5. The van der Waals surface area contributed by atoms with Crippen molar-refractivity contribution in [3.8, 4) is 5.75 Å². The number of anilines is 1. The van der Waals surface area contributed by atoms with Crippen molar-refractivity contribution in [1.29, 1.82) is 0 Å². The minimum absolute atomic E-state index is 0.101. The summed E-state index contributed by atoms with van der Waals surface area (Å²) in [5.74, 6) is 0.184. The smallest absolute Gasteiger partial charge is 0.294 e. The number of ether oxygens (including phenoxy) is 2. The number of hydrogen-bond donors (Lipinski definition) is 0. The van der Waals surface area contributed by atoms with Crippen molar-refractivity contribution in [1.82, 2.24) is 4.90 Å². The second kappa shape index (κ2) is 7.66. The third-order valence-corrected chi connectivity index (χ3v) is 5.54. The lowest BCUT2D eigenvalue weighted by Gasteiger charge is -2.37. The summed E-state index contributed by atoms with van der Waals surface area (Å²) in [5.41, 5.74) is 1.18. The lowest BCUT2D eigenvalue weighted by atomic mass is 10.1. The third kappa shape index (κ3) is 3.40. The largest absolute Gasteiger partial charge is 0.476 e. The maximum Gasteiger partial charge on any atom is 0.294 e. The first-order valence-electron chi connectivity index (χ1n) is 9.73. The molecule has 1 atom stereocenters. The van der Waals surface area contributed by atoms with Crippen LogP contribution in [0.1, 0.15) is 10.6 Å². The number of fused-ring (bicyclic) bond motifs is 2. The Bertz CT molecular complexity index is 1120. The van der Waals surface area contributed by atoms with Gasteiger partial charge in [0.25, 0.3) is 11.8 Å². The first-order chi connectivity index (χ1) is 14.6. The number of halogens is 1. The van der Waals surface area contributed by atoms with Crippen LogP contribution in [0.15, 0.2) is 52.9 Å². The van der Waals surface area contributed by atoms with Crippen LogP contribution in [0.2, 0.25) is 5.02 Å². The van der Waals surface area contributed by atoms with Gasteiger partial charge in [-0.15, -0.1) is 0 Å². The van der Waals surface area contributed by atoms with Crippen LogP contribution < -0.4 is 9.64 Å². The Morgan fingerprint density at radius 1 is 1.03 bits per heavy atom. The summed E-state index contributed by atoms with van der Waals surface area (Å²) in [7, 11) is 0. The van der Waals surface area contributed by atoms with Crippen molar-refractivity contribution < 1.29 is 23.5 Å². The van der Waals surface area contributed by atoms with Gasteiger partial charge in [-0.05, 0) is 36.4 Å². The summed E-state index contributed by atoms with van der Waals surface area (Å²) < 4.78 is 17.1. The lowest BCUT2D eigenvalue weighted by Crippen LogP contribution is -2.54. The van der Waals surface area contributed by atoms with Crippen molar-refractivity contribution in [2.24, 2.45) is 0 Å². The van der Waals surface area contributed by atoms with Crippen LogP contribution in [-0.4, -0.2) is 55.7 Å². The minimum atomic E-state index is -0.791. The monoisotopic (exact) mass is 426 g/mol. The summed E-state index contributed by atoms with van der Waals surface area (Å²) in [5, 5.41) is 1.31. The summed E-state index contributed by atoms with van der Waals surface area (Å²) in [6, 6.07) is 14.0. The van der Waals surface area contributed by atoms with E-state index in [4.69, 9.17) is 25.5 Å². The Kier molecular flexibility index (Phi) is 4.84. The number of nitrogens with zero attached hydrogens (tertiary/aromatic N) is 2. The van der Waals surface area contributed by atoms with Gasteiger partial charge >= 0.3 is 0 Å². The molecule has 0 aliphatic carbocycles. The molecule has 7 nitrogen and oxygen atoms in total. The zero-order valence-electron chi connectivity index (χ0n) is 16.0. The molecule has 2 aliphatic heterocycles. The highest BCUT2D eigenvalue weighted by Gasteiger charge is 2.37. The van der Waals surface area contributed by atoms with Gasteiger partial charge in [0, 0.05) is 23.5 Å². The van der Waals surface area contributed by atoms with Gasteiger partial charge in [-0.3, -0.25) is 14.5 Å². The summed E-state index contributed by atoms with van der Waals surface area (Å²) in [6.07, 6.45) is -0.791. The highest BCUT2D eigenvalue weighted by molar-refractivity contribution is 6.31.